The summed E-state index contributed by atoms with van der Waals surface area (Å²) in [6.45, 7) is 1.81. The average molecular weight is 510 g/mol. The highest BCUT2D eigenvalue weighted by atomic mass is 79.9. The van der Waals surface area contributed by atoms with E-state index in [0.717, 1.165) is 0 Å². The molecule has 3 rings (SSSR count). The van der Waals surface area contributed by atoms with Gasteiger partial charge in [-0.25, -0.2) is 22.5 Å². The molecule has 0 saturated heterocycles. The molecule has 0 fully saturated rings. The topological polar surface area (TPSA) is 116 Å². The molecule has 31 heavy (non-hydrogen) atoms. The van der Waals surface area contributed by atoms with E-state index in [1.165, 1.54) is 36.4 Å². The van der Waals surface area contributed by atoms with Crippen LogP contribution < -0.4 is 15.4 Å². The maximum atomic E-state index is 13.0. The SMILES string of the molecule is C[C@H](CO)Nc1nc(Nc2ccc(S(=O)(=O)NCc3ccc(F)cc3)cc2)ncc1Br. The maximum absolute atomic E-state index is 13.0. The summed E-state index contributed by atoms with van der Waals surface area (Å²) in [5.74, 6) is 0.444. The molecule has 0 amide bonds. The van der Waals surface area contributed by atoms with Crippen LogP contribution in [-0.4, -0.2) is 36.1 Å². The number of hydrogen-bond acceptors (Lipinski definition) is 7. The molecule has 1 aromatic heterocycles. The van der Waals surface area contributed by atoms with Crippen LogP contribution in [0.15, 0.2) is 64.1 Å². The second-order valence-corrected chi connectivity index (χ2v) is 9.34. The van der Waals surface area contributed by atoms with Crippen LogP contribution in [0.5, 0.6) is 0 Å². The van der Waals surface area contributed by atoms with E-state index in [1.54, 1.807) is 18.3 Å². The van der Waals surface area contributed by atoms with Crippen molar-refractivity contribution in [3.05, 3.63) is 70.6 Å². The Morgan fingerprint density at radius 3 is 2.45 bits per heavy atom. The van der Waals surface area contributed by atoms with Gasteiger partial charge in [-0.3, -0.25) is 0 Å². The van der Waals surface area contributed by atoms with Crippen molar-refractivity contribution in [3.8, 4) is 0 Å². The van der Waals surface area contributed by atoms with Crippen LogP contribution in [0.2, 0.25) is 0 Å². The Labute approximate surface area is 188 Å². The van der Waals surface area contributed by atoms with Gasteiger partial charge in [0.1, 0.15) is 11.6 Å². The van der Waals surface area contributed by atoms with Gasteiger partial charge in [0.25, 0.3) is 0 Å². The number of benzene rings is 2. The summed E-state index contributed by atoms with van der Waals surface area (Å²) in [5.41, 5.74) is 1.25. The van der Waals surface area contributed by atoms with Gasteiger partial charge in [-0.1, -0.05) is 12.1 Å². The van der Waals surface area contributed by atoms with Crippen LogP contribution in [0.4, 0.5) is 21.8 Å². The predicted molar refractivity (Wildman–Crippen MR) is 120 cm³/mol. The summed E-state index contributed by atoms with van der Waals surface area (Å²) < 4.78 is 41.1. The second kappa shape index (κ2) is 10.1. The molecule has 4 N–H and O–H groups in total. The van der Waals surface area contributed by atoms with E-state index in [4.69, 9.17) is 0 Å². The quantitative estimate of drug-likeness (QED) is 0.349. The van der Waals surface area contributed by atoms with Gasteiger partial charge in [-0.05, 0) is 64.8 Å². The van der Waals surface area contributed by atoms with E-state index < -0.39 is 10.0 Å². The van der Waals surface area contributed by atoms with Gasteiger partial charge in [-0.15, -0.1) is 0 Å². The molecule has 0 saturated carbocycles. The molecule has 1 atom stereocenters. The maximum Gasteiger partial charge on any atom is 0.240 e. The zero-order chi connectivity index (χ0) is 22.4. The first-order chi connectivity index (χ1) is 14.8. The lowest BCUT2D eigenvalue weighted by atomic mass is 10.2. The van der Waals surface area contributed by atoms with Gasteiger partial charge in [0.2, 0.25) is 16.0 Å². The van der Waals surface area contributed by atoms with Crippen LogP contribution in [-0.2, 0) is 16.6 Å². The van der Waals surface area contributed by atoms with Crippen molar-refractivity contribution in [2.45, 2.75) is 24.4 Å². The summed E-state index contributed by atoms with van der Waals surface area (Å²) in [6, 6.07) is 11.5. The Morgan fingerprint density at radius 2 is 1.81 bits per heavy atom. The first-order valence-electron chi connectivity index (χ1n) is 9.28. The lowest BCUT2D eigenvalue weighted by molar-refractivity contribution is 0.281. The first kappa shape index (κ1) is 23.1. The molecule has 0 aliphatic rings. The minimum absolute atomic E-state index is 0.0513. The van der Waals surface area contributed by atoms with Crippen LogP contribution in [0.3, 0.4) is 0 Å². The van der Waals surface area contributed by atoms with Gasteiger partial charge in [0.15, 0.2) is 0 Å². The minimum Gasteiger partial charge on any atom is -0.394 e. The smallest absolute Gasteiger partial charge is 0.240 e. The number of rotatable bonds is 9. The van der Waals surface area contributed by atoms with Crippen LogP contribution in [0.25, 0.3) is 0 Å². The number of aromatic nitrogens is 2. The summed E-state index contributed by atoms with van der Waals surface area (Å²) >= 11 is 3.35. The van der Waals surface area contributed by atoms with Crippen molar-refractivity contribution in [2.24, 2.45) is 0 Å². The highest BCUT2D eigenvalue weighted by molar-refractivity contribution is 9.10. The fourth-order valence-corrected chi connectivity index (χ4v) is 3.84. The van der Waals surface area contributed by atoms with E-state index in [9.17, 15) is 17.9 Å². The molecular formula is C20H21BrFN5O3S. The number of halogens is 2. The first-order valence-corrected chi connectivity index (χ1v) is 11.6. The molecule has 1 heterocycles. The van der Waals surface area contributed by atoms with Gasteiger partial charge in [-0.2, -0.15) is 4.98 Å². The predicted octanol–water partition coefficient (Wildman–Crippen LogP) is 3.39. The van der Waals surface area contributed by atoms with Crippen LogP contribution in [0.1, 0.15) is 12.5 Å². The van der Waals surface area contributed by atoms with Gasteiger partial charge >= 0.3 is 0 Å². The Balaban J connectivity index is 1.67. The molecule has 3 aromatic rings. The molecule has 164 valence electrons. The summed E-state index contributed by atoms with van der Waals surface area (Å²) in [6.07, 6.45) is 1.57. The third-order valence-corrected chi connectivity index (χ3v) is 6.20. The van der Waals surface area contributed by atoms with Crippen molar-refractivity contribution in [1.29, 1.82) is 0 Å². The van der Waals surface area contributed by atoms with E-state index in [2.05, 4.69) is 41.3 Å². The number of sulfonamides is 1. The number of hydrogen-bond donors (Lipinski definition) is 4. The molecular weight excluding hydrogens is 489 g/mol. The minimum atomic E-state index is -3.73. The Hall–Kier alpha value is -2.60. The van der Waals surface area contributed by atoms with E-state index in [-0.39, 0.29) is 29.9 Å². The highest BCUT2D eigenvalue weighted by Crippen LogP contribution is 2.23. The molecule has 0 aliphatic carbocycles. The number of anilines is 3. The Morgan fingerprint density at radius 1 is 1.13 bits per heavy atom. The third kappa shape index (κ3) is 6.44. The number of nitrogens with one attached hydrogen (secondary N) is 3. The van der Waals surface area contributed by atoms with Gasteiger partial charge in [0.05, 0.1) is 16.0 Å². The Bertz CT molecular complexity index is 1130. The second-order valence-electron chi connectivity index (χ2n) is 6.72. The van der Waals surface area contributed by atoms with E-state index in [0.29, 0.717) is 27.5 Å². The number of aliphatic hydroxyl groups is 1. The van der Waals surface area contributed by atoms with Gasteiger partial charge < -0.3 is 15.7 Å². The summed E-state index contributed by atoms with van der Waals surface area (Å²) in [7, 11) is -3.73. The molecule has 0 spiro atoms. The normalized spacial score (nSPS) is 12.4. The largest absolute Gasteiger partial charge is 0.394 e. The lowest BCUT2D eigenvalue weighted by Crippen LogP contribution is -2.23. The molecule has 0 aliphatic heterocycles. The molecule has 0 bridgehead atoms. The number of nitrogens with zero attached hydrogens (tertiary/aromatic N) is 2. The van der Waals surface area contributed by atoms with Gasteiger partial charge in [0, 0.05) is 24.5 Å². The fraction of sp³-hybridized carbons (Fsp3) is 0.200. The van der Waals surface area contributed by atoms with Crippen LogP contribution in [0, 0.1) is 5.82 Å². The molecule has 11 heteroatoms. The van der Waals surface area contributed by atoms with Crippen molar-refractivity contribution in [1.82, 2.24) is 14.7 Å². The zero-order valence-corrected chi connectivity index (χ0v) is 18.9. The van der Waals surface area contributed by atoms with Crippen molar-refractivity contribution in [2.75, 3.05) is 17.2 Å². The number of aliphatic hydroxyl groups excluding tert-OH is 1. The lowest BCUT2D eigenvalue weighted by Gasteiger charge is -2.14. The Kier molecular flexibility index (Phi) is 7.55. The van der Waals surface area contributed by atoms with Crippen molar-refractivity contribution < 1.29 is 17.9 Å². The third-order valence-electron chi connectivity index (χ3n) is 4.20. The van der Waals surface area contributed by atoms with Crippen molar-refractivity contribution in [3.63, 3.8) is 0 Å². The highest BCUT2D eigenvalue weighted by Gasteiger charge is 2.14. The molecule has 0 unspecified atom stereocenters. The van der Waals surface area contributed by atoms with Crippen molar-refractivity contribution >= 4 is 43.4 Å². The zero-order valence-electron chi connectivity index (χ0n) is 16.5. The van der Waals surface area contributed by atoms with E-state index in [1.807, 2.05) is 6.92 Å². The average Bonchev–Trinajstić information content (AvgIpc) is 2.76. The summed E-state index contributed by atoms with van der Waals surface area (Å²) in [5, 5.41) is 15.2. The molecule has 2 aromatic carbocycles. The van der Waals surface area contributed by atoms with E-state index >= 15 is 0 Å². The summed E-state index contributed by atoms with van der Waals surface area (Å²) in [4.78, 5) is 8.62. The molecule has 8 nitrogen and oxygen atoms in total. The standard InChI is InChI=1S/C20H21BrFN5O3S/c1-13(12-28)25-19-18(21)11-23-20(27-19)26-16-6-8-17(9-7-16)31(29,30)24-10-14-2-4-15(22)5-3-14/h2-9,11,13,24,28H,10,12H2,1H3,(H2,23,25,26,27)/t13-/m1/s1. The fourth-order valence-electron chi connectivity index (χ4n) is 2.52. The van der Waals surface area contributed by atoms with Crippen LogP contribution >= 0.6 is 15.9 Å². The monoisotopic (exact) mass is 509 g/mol. The molecule has 0 radical (unpaired) electrons.